The summed E-state index contributed by atoms with van der Waals surface area (Å²) in [5, 5.41) is 0. The molecular weight excluding hydrogens is 366 g/mol. The second-order valence-corrected chi connectivity index (χ2v) is 17.0. The van der Waals surface area contributed by atoms with Gasteiger partial charge in [-0.25, -0.2) is 0 Å². The fourth-order valence-electron chi connectivity index (χ4n) is 0.990. The van der Waals surface area contributed by atoms with Gasteiger partial charge in [0.05, 0.1) is 0 Å². The van der Waals surface area contributed by atoms with Crippen molar-refractivity contribution in [1.82, 2.24) is 0 Å². The van der Waals surface area contributed by atoms with E-state index in [4.69, 9.17) is 4.49 Å². The molecule has 4 heteroatoms. The normalized spacial score (nSPS) is 14.1. The van der Waals surface area contributed by atoms with Crippen LogP contribution in [0.2, 0.25) is 0 Å². The molecule has 0 fully saturated rings. The minimum absolute atomic E-state index is 0.230. The van der Waals surface area contributed by atoms with Gasteiger partial charge >= 0.3 is 98.3 Å². The van der Waals surface area contributed by atoms with Gasteiger partial charge in [0.1, 0.15) is 0 Å². The number of benzene rings is 1. The average molecular weight is 380 g/mol. The quantitative estimate of drug-likeness (QED) is 0.689. The van der Waals surface area contributed by atoms with Crippen molar-refractivity contribution in [3.8, 4) is 0 Å². The molecule has 1 aromatic carbocycles. The summed E-state index contributed by atoms with van der Waals surface area (Å²) in [6.45, 7) is 2.08. The van der Waals surface area contributed by atoms with Gasteiger partial charge in [-0.1, -0.05) is 0 Å². The van der Waals surface area contributed by atoms with Gasteiger partial charge in [-0.3, -0.25) is 0 Å². The van der Waals surface area contributed by atoms with Crippen molar-refractivity contribution in [2.24, 2.45) is 0 Å². The first-order valence-corrected chi connectivity index (χ1v) is 9.62. The Morgan fingerprint density at radius 2 is 2.00 bits per heavy atom. The Labute approximate surface area is 97.6 Å². The molecule has 1 aromatic rings. The summed E-state index contributed by atoms with van der Waals surface area (Å²) in [7, 11) is 0. The summed E-state index contributed by atoms with van der Waals surface area (Å²) in [5.41, 5.74) is 1.25. The van der Waals surface area contributed by atoms with Gasteiger partial charge in [-0.05, 0) is 0 Å². The Morgan fingerprint density at radius 3 is 2.58 bits per heavy atom. The zero-order valence-corrected chi connectivity index (χ0v) is 17.2. The molecule has 0 bridgehead atoms. The van der Waals surface area contributed by atoms with Gasteiger partial charge in [0.2, 0.25) is 0 Å². The van der Waals surface area contributed by atoms with E-state index in [0.717, 1.165) is 0 Å². The maximum absolute atomic E-state index is 5.62. The Morgan fingerprint density at radius 1 is 1.33 bits per heavy atom. The molecule has 0 N–H and O–H groups in total. The predicted octanol–water partition coefficient (Wildman–Crippen LogP) is 0.0600. The van der Waals surface area contributed by atoms with Crippen LogP contribution in [0.5, 0.6) is 0 Å². The fourth-order valence-corrected chi connectivity index (χ4v) is 5.12. The Balaban J connectivity index is 2.48. The van der Waals surface area contributed by atoms with Gasteiger partial charge < -0.3 is 0 Å². The Hall–Kier alpha value is 0.737. The SMILES string of the molecule is CC([O][SnH2][O][SnH3])c1ccccc1. The standard InChI is InChI=1S/C8H9O.O.2Sn.5H/c1-7(9)8-5-3-2-4-6-8;;;;;;;;/h2-7H,1H3;;;;;;;;/q-1;;;+1;;;;;. The first-order chi connectivity index (χ1) is 5.84. The van der Waals surface area contributed by atoms with Crippen LogP contribution in [0, 0.1) is 0 Å². The first kappa shape index (κ1) is 10.8. The van der Waals surface area contributed by atoms with E-state index in [1.54, 1.807) is 0 Å². The van der Waals surface area contributed by atoms with E-state index in [-0.39, 0.29) is 6.10 Å². The van der Waals surface area contributed by atoms with E-state index in [2.05, 4.69) is 19.1 Å². The third kappa shape index (κ3) is 3.63. The molecule has 0 aromatic heterocycles. The van der Waals surface area contributed by atoms with E-state index >= 15 is 0 Å². The molecule has 0 spiro atoms. The molecule has 0 amide bonds. The van der Waals surface area contributed by atoms with Crippen molar-refractivity contribution in [3.05, 3.63) is 35.9 Å². The molecule has 0 saturated heterocycles. The minimum atomic E-state index is -1.25. The van der Waals surface area contributed by atoms with Crippen molar-refractivity contribution in [2.45, 2.75) is 13.0 Å². The molecule has 0 aliphatic heterocycles. The van der Waals surface area contributed by atoms with Crippen molar-refractivity contribution in [2.75, 3.05) is 0 Å². The van der Waals surface area contributed by atoms with E-state index in [1.165, 1.54) is 5.56 Å². The first-order valence-electron chi connectivity index (χ1n) is 4.00. The summed E-state index contributed by atoms with van der Waals surface area (Å²) < 4.78 is 10.8. The van der Waals surface area contributed by atoms with Crippen molar-refractivity contribution < 1.29 is 4.49 Å². The fraction of sp³-hybridized carbons (Fsp3) is 0.250. The zero-order chi connectivity index (χ0) is 8.81. The summed E-state index contributed by atoms with van der Waals surface area (Å²) >= 11 is -0.877. The molecule has 1 atom stereocenters. The molecule has 0 saturated carbocycles. The zero-order valence-electron chi connectivity index (χ0n) is 7.49. The van der Waals surface area contributed by atoms with Crippen LogP contribution < -0.4 is 0 Å². The third-order valence-electron chi connectivity index (χ3n) is 1.70. The summed E-state index contributed by atoms with van der Waals surface area (Å²) in [5.74, 6) is 0. The summed E-state index contributed by atoms with van der Waals surface area (Å²) in [6.07, 6.45) is 0.230. The maximum atomic E-state index is 5.62. The van der Waals surface area contributed by atoms with Crippen LogP contribution in [0.15, 0.2) is 30.3 Å². The molecule has 66 valence electrons. The van der Waals surface area contributed by atoms with E-state index in [9.17, 15) is 0 Å². The number of rotatable bonds is 4. The predicted molar refractivity (Wildman–Crippen MR) is 55.5 cm³/mol. The van der Waals surface area contributed by atoms with Crippen molar-refractivity contribution >= 4 is 44.9 Å². The molecule has 0 aliphatic rings. The van der Waals surface area contributed by atoms with Crippen LogP contribution in [0.1, 0.15) is 18.6 Å². The van der Waals surface area contributed by atoms with Crippen molar-refractivity contribution in [3.63, 3.8) is 0 Å². The third-order valence-corrected chi connectivity index (χ3v) is 8.71. The van der Waals surface area contributed by atoms with Crippen molar-refractivity contribution in [1.29, 1.82) is 0 Å². The van der Waals surface area contributed by atoms with Crippen LogP contribution in [0.3, 0.4) is 0 Å². The Kier molecular flexibility index (Phi) is 5.62. The van der Waals surface area contributed by atoms with Crippen LogP contribution in [0.4, 0.5) is 0 Å². The molecular formula is C8H14O2Sn2. The molecule has 1 rings (SSSR count). The van der Waals surface area contributed by atoms with E-state index in [0.29, 0.717) is 22.9 Å². The van der Waals surface area contributed by atoms with Crippen LogP contribution in [-0.2, 0) is 4.49 Å². The molecule has 12 heavy (non-hydrogen) atoms. The summed E-state index contributed by atoms with van der Waals surface area (Å²) in [6, 6.07) is 10.3. The molecule has 0 aliphatic carbocycles. The van der Waals surface area contributed by atoms with Crippen LogP contribution >= 0.6 is 0 Å². The second-order valence-electron chi connectivity index (χ2n) is 2.63. The van der Waals surface area contributed by atoms with Gasteiger partial charge in [0.15, 0.2) is 0 Å². The average Bonchev–Trinajstić information content (AvgIpc) is 2.15. The summed E-state index contributed by atoms with van der Waals surface area (Å²) in [4.78, 5) is 0. The van der Waals surface area contributed by atoms with Crippen LogP contribution in [0.25, 0.3) is 0 Å². The van der Waals surface area contributed by atoms with Gasteiger partial charge in [-0.15, -0.1) is 0 Å². The molecule has 0 radical (unpaired) electrons. The molecule has 2 nitrogen and oxygen atoms in total. The van der Waals surface area contributed by atoms with Gasteiger partial charge in [0.25, 0.3) is 0 Å². The van der Waals surface area contributed by atoms with Gasteiger partial charge in [-0.2, -0.15) is 0 Å². The Bertz CT molecular complexity index is 216. The topological polar surface area (TPSA) is 18.5 Å². The number of hydrogen-bond acceptors (Lipinski definition) is 2. The van der Waals surface area contributed by atoms with E-state index in [1.807, 2.05) is 18.2 Å². The monoisotopic (exact) mass is 382 g/mol. The molecule has 0 heterocycles. The number of hydrogen-bond donors (Lipinski definition) is 0. The molecule has 1 unspecified atom stereocenters. The van der Waals surface area contributed by atoms with E-state index < -0.39 is 22.0 Å². The van der Waals surface area contributed by atoms with Crippen LogP contribution in [-0.4, -0.2) is 44.9 Å². The second kappa shape index (κ2) is 6.23. The van der Waals surface area contributed by atoms with Gasteiger partial charge in [0, 0.05) is 0 Å².